The number of hydrogen-bond acceptors (Lipinski definition) is 3. The topological polar surface area (TPSA) is 35.5 Å². The summed E-state index contributed by atoms with van der Waals surface area (Å²) in [6, 6.07) is 6.68. The van der Waals surface area contributed by atoms with Crippen LogP contribution in [0.3, 0.4) is 0 Å². The van der Waals surface area contributed by atoms with Gasteiger partial charge < -0.3 is 15.3 Å². The Hall–Kier alpha value is -1.06. The molecular weight excluding hydrogens is 248 g/mol. The van der Waals surface area contributed by atoms with E-state index in [0.29, 0.717) is 23.8 Å². The lowest BCUT2D eigenvalue weighted by Gasteiger charge is -2.33. The van der Waals surface area contributed by atoms with Gasteiger partial charge in [-0.15, -0.1) is 0 Å². The van der Waals surface area contributed by atoms with Gasteiger partial charge in [0, 0.05) is 18.6 Å². The summed E-state index contributed by atoms with van der Waals surface area (Å²) in [6.07, 6.45) is 3.52. The minimum Gasteiger partial charge on any atom is -0.508 e. The van der Waals surface area contributed by atoms with Gasteiger partial charge in [-0.2, -0.15) is 0 Å². The van der Waals surface area contributed by atoms with Crippen LogP contribution in [0.5, 0.6) is 5.75 Å². The molecule has 0 saturated carbocycles. The fourth-order valence-electron chi connectivity index (χ4n) is 3.07. The first kappa shape index (κ1) is 15.3. The maximum Gasteiger partial charge on any atom is 0.115 e. The maximum atomic E-state index is 9.76. The molecule has 2 unspecified atom stereocenters. The van der Waals surface area contributed by atoms with Crippen molar-refractivity contribution in [1.29, 1.82) is 0 Å². The number of aromatic hydroxyl groups is 1. The van der Waals surface area contributed by atoms with Gasteiger partial charge in [0.1, 0.15) is 5.75 Å². The van der Waals surface area contributed by atoms with E-state index in [1.165, 1.54) is 17.5 Å². The molecule has 112 valence electrons. The molecule has 0 heterocycles. The van der Waals surface area contributed by atoms with E-state index in [0.717, 1.165) is 19.4 Å². The second-order valence-corrected chi connectivity index (χ2v) is 6.61. The molecule has 0 radical (unpaired) electrons. The Morgan fingerprint density at radius 2 is 2.10 bits per heavy atom. The van der Waals surface area contributed by atoms with Crippen LogP contribution in [-0.4, -0.2) is 36.7 Å². The normalized spacial score (nSPS) is 20.2. The number of phenolic OH excluding ortho intramolecular Hbond substituents is 1. The molecule has 3 nitrogen and oxygen atoms in total. The summed E-state index contributed by atoms with van der Waals surface area (Å²) in [5, 5.41) is 13.6. The van der Waals surface area contributed by atoms with E-state index in [2.05, 4.69) is 44.2 Å². The average molecular weight is 276 g/mol. The molecule has 0 fully saturated rings. The van der Waals surface area contributed by atoms with Crippen molar-refractivity contribution < 1.29 is 5.11 Å². The smallest absolute Gasteiger partial charge is 0.115 e. The Morgan fingerprint density at radius 3 is 2.75 bits per heavy atom. The zero-order valence-electron chi connectivity index (χ0n) is 13.2. The van der Waals surface area contributed by atoms with E-state index >= 15 is 0 Å². The van der Waals surface area contributed by atoms with Gasteiger partial charge in [-0.3, -0.25) is 0 Å². The zero-order chi connectivity index (χ0) is 14.7. The summed E-state index contributed by atoms with van der Waals surface area (Å²) < 4.78 is 0. The van der Waals surface area contributed by atoms with Crippen molar-refractivity contribution in [3.63, 3.8) is 0 Å². The first-order valence-electron chi connectivity index (χ1n) is 7.70. The van der Waals surface area contributed by atoms with E-state index in [-0.39, 0.29) is 0 Å². The van der Waals surface area contributed by atoms with E-state index < -0.39 is 0 Å². The molecule has 20 heavy (non-hydrogen) atoms. The Labute approximate surface area is 123 Å². The third kappa shape index (κ3) is 3.74. The lowest BCUT2D eigenvalue weighted by atomic mass is 9.86. The highest BCUT2D eigenvalue weighted by Crippen LogP contribution is 2.32. The van der Waals surface area contributed by atoms with Gasteiger partial charge in [0.2, 0.25) is 0 Å². The molecule has 0 bridgehead atoms. The van der Waals surface area contributed by atoms with Crippen molar-refractivity contribution in [3.05, 3.63) is 29.3 Å². The molecule has 2 N–H and O–H groups in total. The number of nitrogens with zero attached hydrogens (tertiary/aromatic N) is 1. The number of likely N-dealkylation sites (N-methyl/N-ethyl adjacent to an activating group) is 1. The van der Waals surface area contributed by atoms with Gasteiger partial charge in [-0.1, -0.05) is 19.9 Å². The summed E-state index contributed by atoms with van der Waals surface area (Å²) in [5.41, 5.74) is 2.68. The SMILES string of the molecule is CC(C)C(CN(C)C)NC1CCCc2ccc(O)cc21. The van der Waals surface area contributed by atoms with E-state index in [1.54, 1.807) is 6.07 Å². The van der Waals surface area contributed by atoms with Gasteiger partial charge in [-0.25, -0.2) is 0 Å². The van der Waals surface area contributed by atoms with E-state index in [1.807, 2.05) is 6.07 Å². The molecule has 3 heteroatoms. The number of hydrogen-bond donors (Lipinski definition) is 2. The molecule has 0 amide bonds. The number of fused-ring (bicyclic) bond motifs is 1. The number of aryl methyl sites for hydroxylation is 1. The van der Waals surface area contributed by atoms with Gasteiger partial charge in [-0.05, 0) is 62.5 Å². The standard InChI is InChI=1S/C17H28N2O/c1-12(2)17(11-19(3)4)18-16-7-5-6-13-8-9-14(20)10-15(13)16/h8-10,12,16-18,20H,5-7,11H2,1-4H3. The van der Waals surface area contributed by atoms with Crippen molar-refractivity contribution in [2.45, 2.75) is 45.2 Å². The van der Waals surface area contributed by atoms with Crippen LogP contribution in [0.1, 0.15) is 43.9 Å². The molecule has 1 aromatic carbocycles. The molecule has 1 aromatic rings. The van der Waals surface area contributed by atoms with E-state index in [4.69, 9.17) is 0 Å². The Kier molecular flexibility index (Phi) is 5.06. The molecule has 2 rings (SSSR count). The average Bonchev–Trinajstić information content (AvgIpc) is 2.38. The van der Waals surface area contributed by atoms with Crippen LogP contribution in [0.15, 0.2) is 18.2 Å². The number of phenols is 1. The Balaban J connectivity index is 2.15. The fraction of sp³-hybridized carbons (Fsp3) is 0.647. The quantitative estimate of drug-likeness (QED) is 0.868. The molecule has 2 atom stereocenters. The lowest BCUT2D eigenvalue weighted by Crippen LogP contribution is -2.44. The largest absolute Gasteiger partial charge is 0.508 e. The molecule has 1 aliphatic carbocycles. The van der Waals surface area contributed by atoms with Crippen LogP contribution in [-0.2, 0) is 6.42 Å². The molecule has 1 aliphatic rings. The summed E-state index contributed by atoms with van der Waals surface area (Å²) >= 11 is 0. The van der Waals surface area contributed by atoms with Crippen LogP contribution in [0, 0.1) is 5.92 Å². The third-order valence-electron chi connectivity index (χ3n) is 4.23. The number of nitrogens with one attached hydrogen (secondary N) is 1. The predicted molar refractivity (Wildman–Crippen MR) is 84.1 cm³/mol. The number of benzene rings is 1. The third-order valence-corrected chi connectivity index (χ3v) is 4.23. The van der Waals surface area contributed by atoms with Crippen molar-refractivity contribution in [1.82, 2.24) is 10.2 Å². The fourth-order valence-corrected chi connectivity index (χ4v) is 3.07. The Morgan fingerprint density at radius 1 is 1.35 bits per heavy atom. The Bertz CT molecular complexity index is 443. The second kappa shape index (κ2) is 6.59. The summed E-state index contributed by atoms with van der Waals surface area (Å²) in [7, 11) is 4.25. The first-order chi connectivity index (χ1) is 9.47. The highest BCUT2D eigenvalue weighted by molar-refractivity contribution is 5.38. The molecule has 0 spiro atoms. The van der Waals surface area contributed by atoms with Crippen LogP contribution in [0.2, 0.25) is 0 Å². The summed E-state index contributed by atoms with van der Waals surface area (Å²) in [6.45, 7) is 5.59. The van der Waals surface area contributed by atoms with Crippen molar-refractivity contribution in [3.8, 4) is 5.75 Å². The minimum absolute atomic E-state index is 0.373. The van der Waals surface area contributed by atoms with Gasteiger partial charge >= 0.3 is 0 Å². The van der Waals surface area contributed by atoms with Gasteiger partial charge in [0.05, 0.1) is 0 Å². The second-order valence-electron chi connectivity index (χ2n) is 6.61. The monoisotopic (exact) mass is 276 g/mol. The highest BCUT2D eigenvalue weighted by atomic mass is 16.3. The van der Waals surface area contributed by atoms with Crippen LogP contribution in [0.4, 0.5) is 0 Å². The number of rotatable bonds is 5. The van der Waals surface area contributed by atoms with Crippen LogP contribution in [0.25, 0.3) is 0 Å². The molecule has 0 aliphatic heterocycles. The summed E-state index contributed by atoms with van der Waals surface area (Å²) in [4.78, 5) is 2.24. The maximum absolute atomic E-state index is 9.76. The lowest BCUT2D eigenvalue weighted by molar-refractivity contribution is 0.260. The highest BCUT2D eigenvalue weighted by Gasteiger charge is 2.24. The van der Waals surface area contributed by atoms with Crippen molar-refractivity contribution in [2.24, 2.45) is 5.92 Å². The van der Waals surface area contributed by atoms with Crippen LogP contribution >= 0.6 is 0 Å². The zero-order valence-corrected chi connectivity index (χ0v) is 13.2. The van der Waals surface area contributed by atoms with Crippen molar-refractivity contribution >= 4 is 0 Å². The first-order valence-corrected chi connectivity index (χ1v) is 7.70. The molecular formula is C17H28N2O. The van der Waals surface area contributed by atoms with Gasteiger partial charge in [0.25, 0.3) is 0 Å². The van der Waals surface area contributed by atoms with Crippen LogP contribution < -0.4 is 5.32 Å². The predicted octanol–water partition coefficient (Wildman–Crippen LogP) is 2.95. The van der Waals surface area contributed by atoms with Gasteiger partial charge in [0.15, 0.2) is 0 Å². The summed E-state index contributed by atoms with van der Waals surface area (Å²) in [5.74, 6) is 0.978. The minimum atomic E-state index is 0.373. The van der Waals surface area contributed by atoms with Crippen molar-refractivity contribution in [2.75, 3.05) is 20.6 Å². The molecule has 0 saturated heterocycles. The molecule has 0 aromatic heterocycles. The van der Waals surface area contributed by atoms with E-state index in [9.17, 15) is 5.11 Å².